The molecule has 0 aliphatic carbocycles. The average molecular weight is 291 g/mol. The van der Waals surface area contributed by atoms with Gasteiger partial charge in [-0.1, -0.05) is 29.8 Å². The number of rotatable bonds is 5. The van der Waals surface area contributed by atoms with Gasteiger partial charge >= 0.3 is 0 Å². The molecule has 0 unspecified atom stereocenters. The van der Waals surface area contributed by atoms with Crippen LogP contribution in [0.5, 0.6) is 0 Å². The minimum Gasteiger partial charge on any atom is -0.399 e. The number of benzene rings is 2. The number of amides is 1. The van der Waals surface area contributed by atoms with Gasteiger partial charge < -0.3 is 15.8 Å². The van der Waals surface area contributed by atoms with Gasteiger partial charge in [-0.3, -0.25) is 4.79 Å². The maximum atomic E-state index is 11.7. The first-order chi connectivity index (χ1) is 9.63. The molecule has 0 spiro atoms. The Labute approximate surface area is 122 Å². The van der Waals surface area contributed by atoms with Gasteiger partial charge in [0, 0.05) is 16.4 Å². The van der Waals surface area contributed by atoms with Crippen LogP contribution < -0.4 is 11.1 Å². The molecule has 0 saturated carbocycles. The van der Waals surface area contributed by atoms with Crippen molar-refractivity contribution in [1.82, 2.24) is 0 Å². The molecule has 2 aromatic rings. The molecule has 5 heteroatoms. The molecular weight excluding hydrogens is 276 g/mol. The Bertz CT molecular complexity index is 585. The molecule has 1 amide bonds. The van der Waals surface area contributed by atoms with Crippen LogP contribution in [-0.4, -0.2) is 12.5 Å². The van der Waals surface area contributed by atoms with Crippen LogP contribution >= 0.6 is 11.6 Å². The summed E-state index contributed by atoms with van der Waals surface area (Å²) in [4.78, 5) is 11.7. The third-order valence-corrected chi connectivity index (χ3v) is 2.84. The Morgan fingerprint density at radius 2 is 1.95 bits per heavy atom. The van der Waals surface area contributed by atoms with Gasteiger partial charge in [0.05, 0.1) is 6.61 Å². The molecule has 4 nitrogen and oxygen atoms in total. The number of ether oxygens (including phenoxy) is 1. The van der Waals surface area contributed by atoms with E-state index in [1.165, 1.54) is 0 Å². The van der Waals surface area contributed by atoms with Gasteiger partial charge in [-0.2, -0.15) is 0 Å². The zero-order valence-electron chi connectivity index (χ0n) is 10.8. The zero-order valence-corrected chi connectivity index (χ0v) is 11.6. The van der Waals surface area contributed by atoms with Gasteiger partial charge in [-0.15, -0.1) is 0 Å². The highest BCUT2D eigenvalue weighted by molar-refractivity contribution is 6.30. The number of carbonyl (C=O) groups is 1. The van der Waals surface area contributed by atoms with Crippen molar-refractivity contribution in [3.63, 3.8) is 0 Å². The molecule has 0 aliphatic heterocycles. The molecule has 104 valence electrons. The van der Waals surface area contributed by atoms with E-state index in [-0.39, 0.29) is 12.5 Å². The molecule has 0 atom stereocenters. The Morgan fingerprint density at radius 3 is 2.65 bits per heavy atom. The first-order valence-corrected chi connectivity index (χ1v) is 6.49. The molecule has 2 rings (SSSR count). The first kappa shape index (κ1) is 14.4. The third kappa shape index (κ3) is 4.57. The van der Waals surface area contributed by atoms with Crippen LogP contribution in [0.1, 0.15) is 5.56 Å². The summed E-state index contributed by atoms with van der Waals surface area (Å²) in [6.45, 7) is 0.346. The van der Waals surface area contributed by atoms with Crippen molar-refractivity contribution >= 4 is 28.9 Å². The molecule has 0 aliphatic rings. The van der Waals surface area contributed by atoms with Crippen molar-refractivity contribution in [2.75, 3.05) is 17.7 Å². The van der Waals surface area contributed by atoms with Crippen molar-refractivity contribution in [1.29, 1.82) is 0 Å². The van der Waals surface area contributed by atoms with Gasteiger partial charge in [0.2, 0.25) is 5.91 Å². The molecule has 3 N–H and O–H groups in total. The SMILES string of the molecule is Nc1cccc(NC(=O)COCc2ccc(Cl)cc2)c1. The number of carbonyl (C=O) groups excluding carboxylic acids is 1. The van der Waals surface area contributed by atoms with E-state index in [0.29, 0.717) is 23.0 Å². The van der Waals surface area contributed by atoms with Gasteiger partial charge in [0.15, 0.2) is 0 Å². The first-order valence-electron chi connectivity index (χ1n) is 6.11. The van der Waals surface area contributed by atoms with E-state index in [0.717, 1.165) is 5.56 Å². The Kier molecular flexibility index (Phi) is 4.98. The number of halogens is 1. The predicted octanol–water partition coefficient (Wildman–Crippen LogP) is 3.08. The predicted molar refractivity (Wildman–Crippen MR) is 80.6 cm³/mol. The lowest BCUT2D eigenvalue weighted by Gasteiger charge is -2.07. The van der Waals surface area contributed by atoms with Gasteiger partial charge in [-0.05, 0) is 35.9 Å². The molecule has 0 radical (unpaired) electrons. The normalized spacial score (nSPS) is 10.2. The van der Waals surface area contributed by atoms with E-state index in [2.05, 4.69) is 5.32 Å². The second kappa shape index (κ2) is 6.93. The Morgan fingerprint density at radius 1 is 1.20 bits per heavy atom. The molecule has 2 aromatic carbocycles. The highest BCUT2D eigenvalue weighted by Gasteiger charge is 2.03. The standard InChI is InChI=1S/C15H15ClN2O2/c16-12-6-4-11(5-7-12)9-20-10-15(19)18-14-3-1-2-13(17)8-14/h1-8H,9-10,17H2,(H,18,19). The fourth-order valence-electron chi connectivity index (χ4n) is 1.66. The minimum atomic E-state index is -0.218. The quantitative estimate of drug-likeness (QED) is 0.832. The summed E-state index contributed by atoms with van der Waals surface area (Å²) in [7, 11) is 0. The molecule has 0 bridgehead atoms. The van der Waals surface area contributed by atoms with E-state index in [4.69, 9.17) is 22.1 Å². The van der Waals surface area contributed by atoms with E-state index < -0.39 is 0 Å². The number of hydrogen-bond acceptors (Lipinski definition) is 3. The molecule has 0 saturated heterocycles. The van der Waals surface area contributed by atoms with Crippen LogP contribution in [-0.2, 0) is 16.1 Å². The fourth-order valence-corrected chi connectivity index (χ4v) is 1.78. The van der Waals surface area contributed by atoms with Crippen LogP contribution in [0.4, 0.5) is 11.4 Å². The summed E-state index contributed by atoms with van der Waals surface area (Å²) >= 11 is 5.78. The molecule has 0 fully saturated rings. The second-order valence-electron chi connectivity index (χ2n) is 4.29. The summed E-state index contributed by atoms with van der Waals surface area (Å²) in [6, 6.07) is 14.3. The van der Waals surface area contributed by atoms with Crippen molar-refractivity contribution in [2.24, 2.45) is 0 Å². The third-order valence-electron chi connectivity index (χ3n) is 2.59. The lowest BCUT2D eigenvalue weighted by Crippen LogP contribution is -2.18. The number of anilines is 2. The van der Waals surface area contributed by atoms with Gasteiger partial charge in [-0.25, -0.2) is 0 Å². The number of nitrogen functional groups attached to an aromatic ring is 1. The Hall–Kier alpha value is -2.04. The highest BCUT2D eigenvalue weighted by atomic mass is 35.5. The number of nitrogens with one attached hydrogen (secondary N) is 1. The van der Waals surface area contributed by atoms with Crippen LogP contribution in [0, 0.1) is 0 Å². The number of hydrogen-bond donors (Lipinski definition) is 2. The van der Waals surface area contributed by atoms with Gasteiger partial charge in [0.25, 0.3) is 0 Å². The van der Waals surface area contributed by atoms with E-state index in [1.54, 1.807) is 36.4 Å². The Balaban J connectivity index is 1.76. The van der Waals surface area contributed by atoms with E-state index in [1.807, 2.05) is 12.1 Å². The molecule has 0 heterocycles. The topological polar surface area (TPSA) is 64.3 Å². The van der Waals surface area contributed by atoms with Crippen molar-refractivity contribution in [3.05, 3.63) is 59.1 Å². The largest absolute Gasteiger partial charge is 0.399 e. The van der Waals surface area contributed by atoms with Crippen molar-refractivity contribution < 1.29 is 9.53 Å². The maximum Gasteiger partial charge on any atom is 0.250 e. The summed E-state index contributed by atoms with van der Waals surface area (Å²) in [5.41, 5.74) is 7.85. The van der Waals surface area contributed by atoms with Crippen LogP contribution in [0.2, 0.25) is 5.02 Å². The summed E-state index contributed by atoms with van der Waals surface area (Å²) in [5, 5.41) is 3.39. The fraction of sp³-hybridized carbons (Fsp3) is 0.133. The molecule has 0 aromatic heterocycles. The van der Waals surface area contributed by atoms with Crippen molar-refractivity contribution in [2.45, 2.75) is 6.61 Å². The van der Waals surface area contributed by atoms with Crippen LogP contribution in [0.15, 0.2) is 48.5 Å². The van der Waals surface area contributed by atoms with Crippen LogP contribution in [0.3, 0.4) is 0 Å². The summed E-state index contributed by atoms with van der Waals surface area (Å²) in [6.07, 6.45) is 0. The monoisotopic (exact) mass is 290 g/mol. The maximum absolute atomic E-state index is 11.7. The lowest BCUT2D eigenvalue weighted by molar-refractivity contribution is -0.121. The molecular formula is C15H15ClN2O2. The summed E-state index contributed by atoms with van der Waals surface area (Å²) < 4.78 is 5.34. The van der Waals surface area contributed by atoms with Crippen molar-refractivity contribution in [3.8, 4) is 0 Å². The van der Waals surface area contributed by atoms with Crippen LogP contribution in [0.25, 0.3) is 0 Å². The van der Waals surface area contributed by atoms with Gasteiger partial charge in [0.1, 0.15) is 6.61 Å². The highest BCUT2D eigenvalue weighted by Crippen LogP contribution is 2.12. The van der Waals surface area contributed by atoms with E-state index in [9.17, 15) is 4.79 Å². The number of nitrogens with two attached hydrogens (primary N) is 1. The minimum absolute atomic E-state index is 0.0164. The smallest absolute Gasteiger partial charge is 0.250 e. The zero-order chi connectivity index (χ0) is 14.4. The summed E-state index contributed by atoms with van der Waals surface area (Å²) in [5.74, 6) is -0.218. The molecule has 20 heavy (non-hydrogen) atoms. The average Bonchev–Trinajstić information content (AvgIpc) is 2.41. The van der Waals surface area contributed by atoms with E-state index >= 15 is 0 Å². The lowest BCUT2D eigenvalue weighted by atomic mass is 10.2. The second-order valence-corrected chi connectivity index (χ2v) is 4.73.